The monoisotopic (exact) mass is 372 g/mol. The number of thiophene rings is 1. The molecular weight excluding hydrogens is 364 g/mol. The molecule has 2 N–H and O–H groups in total. The summed E-state index contributed by atoms with van der Waals surface area (Å²) < 4.78 is 1.00. The second-order valence-corrected chi connectivity index (χ2v) is 7.06. The summed E-state index contributed by atoms with van der Waals surface area (Å²) in [7, 11) is 0. The van der Waals surface area contributed by atoms with Crippen molar-refractivity contribution in [2.24, 2.45) is 0 Å². The lowest BCUT2D eigenvalue weighted by molar-refractivity contribution is -0.116. The van der Waals surface area contributed by atoms with Crippen LogP contribution >= 0.6 is 38.6 Å². The Balaban J connectivity index is 1.85. The van der Waals surface area contributed by atoms with Gasteiger partial charge in [0.1, 0.15) is 5.01 Å². The molecule has 0 aromatic carbocycles. The van der Waals surface area contributed by atoms with Crippen LogP contribution < -0.4 is 5.32 Å². The van der Waals surface area contributed by atoms with E-state index in [4.69, 9.17) is 5.11 Å². The predicted molar refractivity (Wildman–Crippen MR) is 82.0 cm³/mol. The van der Waals surface area contributed by atoms with Crippen LogP contribution in [0, 0.1) is 0 Å². The molecule has 0 atom stereocenters. The first-order valence-corrected chi connectivity index (χ1v) is 7.92. The van der Waals surface area contributed by atoms with E-state index in [1.807, 2.05) is 12.1 Å². The standard InChI is InChI=1S/C12H9BrN2O3S2/c13-9-3-1-7(20-9)2-4-10(16)14-5-11-15-8(6-19-11)12(17)18/h1-4,6H,5H2,(H,14,16)(H,17,18). The number of rotatable bonds is 5. The minimum absolute atomic E-state index is 0.00164. The van der Waals surface area contributed by atoms with Crippen LogP contribution in [0.1, 0.15) is 20.4 Å². The number of hydrogen-bond acceptors (Lipinski definition) is 5. The fourth-order valence-electron chi connectivity index (χ4n) is 1.29. The van der Waals surface area contributed by atoms with Crippen LogP contribution in [0.4, 0.5) is 0 Å². The zero-order chi connectivity index (χ0) is 14.5. The number of halogens is 1. The molecule has 0 radical (unpaired) electrons. The molecule has 2 aromatic heterocycles. The highest BCUT2D eigenvalue weighted by Crippen LogP contribution is 2.22. The second kappa shape index (κ2) is 6.78. The third-order valence-corrected chi connectivity index (χ3v) is 4.62. The number of aromatic nitrogens is 1. The number of carboxylic acids is 1. The summed E-state index contributed by atoms with van der Waals surface area (Å²) in [6, 6.07) is 3.81. The summed E-state index contributed by atoms with van der Waals surface area (Å²) in [5, 5.41) is 13.4. The zero-order valence-corrected chi connectivity index (χ0v) is 13.2. The van der Waals surface area contributed by atoms with E-state index in [-0.39, 0.29) is 18.1 Å². The molecule has 0 aliphatic heterocycles. The van der Waals surface area contributed by atoms with Crippen molar-refractivity contribution in [2.75, 3.05) is 0 Å². The van der Waals surface area contributed by atoms with Gasteiger partial charge < -0.3 is 10.4 Å². The topological polar surface area (TPSA) is 79.3 Å². The Morgan fingerprint density at radius 1 is 1.45 bits per heavy atom. The van der Waals surface area contributed by atoms with Crippen molar-refractivity contribution in [3.63, 3.8) is 0 Å². The van der Waals surface area contributed by atoms with E-state index >= 15 is 0 Å². The largest absolute Gasteiger partial charge is 0.476 e. The van der Waals surface area contributed by atoms with Gasteiger partial charge in [-0.2, -0.15) is 0 Å². The van der Waals surface area contributed by atoms with Gasteiger partial charge in [0.2, 0.25) is 5.91 Å². The number of nitrogens with one attached hydrogen (secondary N) is 1. The number of carbonyl (C=O) groups excluding carboxylic acids is 1. The van der Waals surface area contributed by atoms with Crippen LogP contribution in [0.5, 0.6) is 0 Å². The number of hydrogen-bond donors (Lipinski definition) is 2. The summed E-state index contributed by atoms with van der Waals surface area (Å²) in [6.45, 7) is 0.218. The van der Waals surface area contributed by atoms with Gasteiger partial charge in [0, 0.05) is 16.3 Å². The van der Waals surface area contributed by atoms with Crippen LogP contribution in [-0.2, 0) is 11.3 Å². The maximum Gasteiger partial charge on any atom is 0.355 e. The van der Waals surface area contributed by atoms with Crippen molar-refractivity contribution >= 4 is 56.6 Å². The molecule has 0 aliphatic carbocycles. The summed E-state index contributed by atoms with van der Waals surface area (Å²) in [5.74, 6) is -1.32. The molecule has 0 fully saturated rings. The molecule has 0 spiro atoms. The molecule has 2 heterocycles. The van der Waals surface area contributed by atoms with E-state index in [0.717, 1.165) is 8.66 Å². The van der Waals surface area contributed by atoms with E-state index in [0.29, 0.717) is 5.01 Å². The molecule has 104 valence electrons. The summed E-state index contributed by atoms with van der Waals surface area (Å²) >= 11 is 6.07. The minimum Gasteiger partial charge on any atom is -0.476 e. The number of aromatic carboxylic acids is 1. The Labute approximate surface area is 131 Å². The third-order valence-electron chi connectivity index (χ3n) is 2.18. The van der Waals surface area contributed by atoms with E-state index in [1.54, 1.807) is 6.08 Å². The van der Waals surface area contributed by atoms with Crippen LogP contribution in [-0.4, -0.2) is 22.0 Å². The third kappa shape index (κ3) is 4.26. The highest BCUT2D eigenvalue weighted by molar-refractivity contribution is 9.11. The van der Waals surface area contributed by atoms with Crippen LogP contribution in [0.25, 0.3) is 6.08 Å². The van der Waals surface area contributed by atoms with Crippen LogP contribution in [0.2, 0.25) is 0 Å². The van der Waals surface area contributed by atoms with E-state index < -0.39 is 5.97 Å². The molecule has 2 rings (SSSR count). The molecule has 8 heteroatoms. The fraction of sp³-hybridized carbons (Fsp3) is 0.0833. The molecular formula is C12H9BrN2O3S2. The van der Waals surface area contributed by atoms with Gasteiger partial charge >= 0.3 is 5.97 Å². The van der Waals surface area contributed by atoms with Gasteiger partial charge in [-0.15, -0.1) is 22.7 Å². The highest BCUT2D eigenvalue weighted by Gasteiger charge is 2.08. The van der Waals surface area contributed by atoms with Crippen molar-refractivity contribution < 1.29 is 14.7 Å². The molecule has 5 nitrogen and oxygen atoms in total. The van der Waals surface area contributed by atoms with Crippen LogP contribution in [0.15, 0.2) is 27.4 Å². The van der Waals surface area contributed by atoms with Gasteiger partial charge in [-0.3, -0.25) is 4.79 Å². The van der Waals surface area contributed by atoms with E-state index in [1.165, 1.54) is 34.1 Å². The smallest absolute Gasteiger partial charge is 0.355 e. The second-order valence-electron chi connectivity index (χ2n) is 3.62. The number of nitrogens with zero attached hydrogens (tertiary/aromatic N) is 1. The lowest BCUT2D eigenvalue weighted by Gasteiger charge is -1.97. The van der Waals surface area contributed by atoms with Crippen molar-refractivity contribution in [2.45, 2.75) is 6.54 Å². The van der Waals surface area contributed by atoms with E-state index in [2.05, 4.69) is 26.2 Å². The number of thiazole rings is 1. The molecule has 0 bridgehead atoms. The van der Waals surface area contributed by atoms with Crippen molar-refractivity contribution in [1.29, 1.82) is 0 Å². The minimum atomic E-state index is -1.07. The number of amides is 1. The average Bonchev–Trinajstić information content (AvgIpc) is 3.03. The Kier molecular flexibility index (Phi) is 5.05. The maximum atomic E-state index is 11.6. The zero-order valence-electron chi connectivity index (χ0n) is 10.00. The lowest BCUT2D eigenvalue weighted by atomic mass is 10.4. The molecule has 20 heavy (non-hydrogen) atoms. The van der Waals surface area contributed by atoms with Crippen molar-refractivity contribution in [3.05, 3.63) is 43.0 Å². The molecule has 2 aromatic rings. The number of carboxylic acid groups (broad SMARTS) is 1. The summed E-state index contributed by atoms with van der Waals surface area (Å²) in [5.41, 5.74) is -0.00164. The summed E-state index contributed by atoms with van der Waals surface area (Å²) in [4.78, 5) is 27.1. The lowest BCUT2D eigenvalue weighted by Crippen LogP contribution is -2.20. The SMILES string of the molecule is O=C(C=Cc1ccc(Br)s1)NCc1nc(C(=O)O)cs1. The van der Waals surface area contributed by atoms with Gasteiger partial charge in [0.15, 0.2) is 5.69 Å². The highest BCUT2D eigenvalue weighted by atomic mass is 79.9. The first-order chi connectivity index (χ1) is 9.54. The first kappa shape index (κ1) is 14.9. The van der Waals surface area contributed by atoms with Crippen molar-refractivity contribution in [3.8, 4) is 0 Å². The first-order valence-electron chi connectivity index (χ1n) is 5.43. The Morgan fingerprint density at radius 3 is 2.85 bits per heavy atom. The number of carbonyl (C=O) groups is 2. The molecule has 0 unspecified atom stereocenters. The maximum absolute atomic E-state index is 11.6. The van der Waals surface area contributed by atoms with E-state index in [9.17, 15) is 9.59 Å². The van der Waals surface area contributed by atoms with Crippen LogP contribution in [0.3, 0.4) is 0 Å². The summed E-state index contributed by atoms with van der Waals surface area (Å²) in [6.07, 6.45) is 3.15. The predicted octanol–water partition coefficient (Wildman–Crippen LogP) is 2.99. The van der Waals surface area contributed by atoms with Gasteiger partial charge in [0.05, 0.1) is 10.3 Å². The van der Waals surface area contributed by atoms with Crippen molar-refractivity contribution in [1.82, 2.24) is 10.3 Å². The van der Waals surface area contributed by atoms with Gasteiger partial charge in [0.25, 0.3) is 0 Å². The Hall–Kier alpha value is -1.51. The van der Waals surface area contributed by atoms with Gasteiger partial charge in [-0.1, -0.05) is 0 Å². The average molecular weight is 373 g/mol. The Morgan fingerprint density at radius 2 is 2.25 bits per heavy atom. The quantitative estimate of drug-likeness (QED) is 0.790. The molecule has 0 saturated carbocycles. The molecule has 1 amide bonds. The molecule has 0 aliphatic rings. The van der Waals surface area contributed by atoms with Gasteiger partial charge in [-0.05, 0) is 34.1 Å². The fourth-order valence-corrected chi connectivity index (χ4v) is 3.32. The molecule has 0 saturated heterocycles. The van der Waals surface area contributed by atoms with Gasteiger partial charge in [-0.25, -0.2) is 9.78 Å². The normalized spacial score (nSPS) is 10.8. The Bertz CT molecular complexity index is 663.